The summed E-state index contributed by atoms with van der Waals surface area (Å²) < 4.78 is 36.8. The van der Waals surface area contributed by atoms with Crippen molar-refractivity contribution in [2.75, 3.05) is 36.4 Å². The normalized spacial score (nSPS) is 13.1. The maximum Gasteiger partial charge on any atom is 0.416 e. The molecule has 2 aromatic carbocycles. The van der Waals surface area contributed by atoms with Crippen LogP contribution < -0.4 is 9.21 Å². The highest BCUT2D eigenvalue weighted by Crippen LogP contribution is 2.38. The number of nitrogens with zero attached hydrogens (tertiary/aromatic N) is 6. The molecule has 0 aliphatic carbocycles. The van der Waals surface area contributed by atoms with Crippen LogP contribution in [0.1, 0.15) is 47.1 Å². The van der Waals surface area contributed by atoms with Gasteiger partial charge in [-0.15, -0.1) is 0 Å². The number of rotatable bonds is 10. The number of likely N-dealkylation sites (N-methyl/N-ethyl adjacent to an activating group) is 1. The lowest BCUT2D eigenvalue weighted by Crippen LogP contribution is -2.52. The lowest BCUT2D eigenvalue weighted by molar-refractivity contribution is -0.140. The van der Waals surface area contributed by atoms with Gasteiger partial charge in [0.05, 0.1) is 28.5 Å². The molecular formula is C34H42Cl2N6O6S. The molecule has 12 nitrogen and oxygen atoms in total. The summed E-state index contributed by atoms with van der Waals surface area (Å²) in [6.45, 7) is 13.1. The lowest BCUT2D eigenvalue weighted by atomic mass is 9.86. The van der Waals surface area contributed by atoms with Gasteiger partial charge < -0.3 is 14.7 Å². The Balaban J connectivity index is 1.81. The number of anilines is 2. The molecular weight excluding hydrogens is 691 g/mol. The largest absolute Gasteiger partial charge is 0.480 e. The molecule has 1 unspecified atom stereocenters. The zero-order valence-electron chi connectivity index (χ0n) is 29.0. The van der Waals surface area contributed by atoms with Gasteiger partial charge in [0.2, 0.25) is 0 Å². The van der Waals surface area contributed by atoms with E-state index in [1.54, 1.807) is 64.3 Å². The number of carboxylic acids is 1. The molecule has 0 spiro atoms. The van der Waals surface area contributed by atoms with Crippen LogP contribution in [0.4, 0.5) is 16.3 Å². The predicted molar refractivity (Wildman–Crippen MR) is 193 cm³/mol. The number of hydrogen-bond acceptors (Lipinski definition) is 8. The zero-order chi connectivity index (χ0) is 36.6. The number of benzene rings is 2. The van der Waals surface area contributed by atoms with E-state index in [4.69, 9.17) is 27.9 Å². The number of aliphatic carboxylic acids is 1. The Morgan fingerprint density at radius 2 is 1.59 bits per heavy atom. The number of halogens is 2. The van der Waals surface area contributed by atoms with Crippen LogP contribution >= 0.6 is 23.2 Å². The van der Waals surface area contributed by atoms with Gasteiger partial charge in [-0.25, -0.2) is 28.0 Å². The average molecular weight is 734 g/mol. The fraction of sp³-hybridized carbons (Fsp3) is 0.412. The molecule has 2 heterocycles. The summed E-state index contributed by atoms with van der Waals surface area (Å²) in [5, 5.41) is 11.2. The van der Waals surface area contributed by atoms with Crippen LogP contribution in [0.5, 0.6) is 0 Å². The fourth-order valence-corrected chi connectivity index (χ4v) is 7.75. The minimum Gasteiger partial charge on any atom is -0.480 e. The number of fused-ring (bicyclic) bond motifs is 1. The molecule has 0 saturated carbocycles. The number of hydrogen-bond donors (Lipinski definition) is 1. The van der Waals surface area contributed by atoms with Gasteiger partial charge in [0, 0.05) is 34.7 Å². The molecule has 15 heteroatoms. The van der Waals surface area contributed by atoms with Crippen molar-refractivity contribution in [3.63, 3.8) is 0 Å². The van der Waals surface area contributed by atoms with Gasteiger partial charge in [-0.2, -0.15) is 0 Å². The van der Waals surface area contributed by atoms with E-state index >= 15 is 0 Å². The summed E-state index contributed by atoms with van der Waals surface area (Å²) >= 11 is 12.3. The summed E-state index contributed by atoms with van der Waals surface area (Å²) in [6, 6.07) is 7.28. The number of aromatic nitrogens is 3. The van der Waals surface area contributed by atoms with E-state index in [1.165, 1.54) is 35.5 Å². The van der Waals surface area contributed by atoms with Gasteiger partial charge in [0.25, 0.3) is 10.0 Å². The predicted octanol–water partition coefficient (Wildman–Crippen LogP) is 7.03. The van der Waals surface area contributed by atoms with Crippen molar-refractivity contribution >= 4 is 67.7 Å². The minimum atomic E-state index is -4.49. The fourth-order valence-electron chi connectivity index (χ4n) is 5.24. The summed E-state index contributed by atoms with van der Waals surface area (Å²) in [5.41, 5.74) is -0.133. The minimum absolute atomic E-state index is 0.0936. The summed E-state index contributed by atoms with van der Waals surface area (Å²) in [6.07, 6.45) is 4.31. The van der Waals surface area contributed by atoms with Crippen LogP contribution in [0.3, 0.4) is 0 Å². The standard InChI is InChI=1S/C34H42Cl2N6O6S/c1-21-20-41(29-19-37-28(18-38-29)40(13-12-39(8)9)32(45)48-34(5,6)7)27-11-10-24(17-26(21)27)42(30(31(43)44)33(2,3)4)49(46,47)25-15-22(35)14-23(36)16-25/h10-11,14-20,30H,12-13H2,1-9H3,(H,43,44). The molecule has 0 aliphatic heterocycles. The average Bonchev–Trinajstić information content (AvgIpc) is 3.29. The van der Waals surface area contributed by atoms with Crippen molar-refractivity contribution < 1.29 is 27.9 Å². The number of carbonyl (C=O) groups excluding carboxylic acids is 1. The van der Waals surface area contributed by atoms with Crippen molar-refractivity contribution in [2.24, 2.45) is 5.41 Å². The first kappa shape index (κ1) is 37.9. The monoisotopic (exact) mass is 732 g/mol. The molecule has 0 fully saturated rings. The molecule has 4 rings (SSSR count). The Morgan fingerprint density at radius 1 is 0.959 bits per heavy atom. The van der Waals surface area contributed by atoms with E-state index in [2.05, 4.69) is 9.97 Å². The summed E-state index contributed by atoms with van der Waals surface area (Å²) in [4.78, 5) is 38.1. The molecule has 0 saturated heterocycles. The van der Waals surface area contributed by atoms with Crippen LogP contribution in [0.25, 0.3) is 16.7 Å². The van der Waals surface area contributed by atoms with Gasteiger partial charge >= 0.3 is 12.1 Å². The second-order valence-electron chi connectivity index (χ2n) is 14.1. The Kier molecular flexibility index (Phi) is 10.9. The smallest absolute Gasteiger partial charge is 0.416 e. The highest BCUT2D eigenvalue weighted by molar-refractivity contribution is 7.93. The first-order chi connectivity index (χ1) is 22.6. The van der Waals surface area contributed by atoms with Crippen molar-refractivity contribution in [1.82, 2.24) is 19.4 Å². The maximum atomic E-state index is 14.3. The quantitative estimate of drug-likeness (QED) is 0.182. The lowest BCUT2D eigenvalue weighted by Gasteiger charge is -2.37. The number of carboxylic acid groups (broad SMARTS) is 1. The SMILES string of the molecule is Cc1cn(-c2cnc(N(CCN(C)C)C(=O)OC(C)(C)C)cn2)c2ccc(N(C(C(=O)O)C(C)(C)C)S(=O)(=O)c3cc(Cl)cc(Cl)c3)cc12. The third-order valence-corrected chi connectivity index (χ3v) is 9.66. The first-order valence-electron chi connectivity index (χ1n) is 15.4. The van der Waals surface area contributed by atoms with Crippen LogP contribution in [0, 0.1) is 12.3 Å². The van der Waals surface area contributed by atoms with Gasteiger partial charge in [0.15, 0.2) is 11.6 Å². The third kappa shape index (κ3) is 8.64. The van der Waals surface area contributed by atoms with E-state index in [9.17, 15) is 23.1 Å². The third-order valence-electron chi connectivity index (χ3n) is 7.46. The zero-order valence-corrected chi connectivity index (χ0v) is 31.4. The molecule has 1 N–H and O–H groups in total. The molecule has 0 bridgehead atoms. The van der Waals surface area contributed by atoms with Gasteiger partial charge in [-0.3, -0.25) is 13.8 Å². The Labute approximate surface area is 297 Å². The molecule has 2 aromatic heterocycles. The van der Waals surface area contributed by atoms with Gasteiger partial charge in [-0.1, -0.05) is 44.0 Å². The van der Waals surface area contributed by atoms with Crippen molar-refractivity contribution in [3.8, 4) is 5.82 Å². The molecule has 0 radical (unpaired) electrons. The van der Waals surface area contributed by atoms with Gasteiger partial charge in [-0.05, 0) is 89.2 Å². The highest BCUT2D eigenvalue weighted by atomic mass is 35.5. The number of carbonyl (C=O) groups is 2. The van der Waals surface area contributed by atoms with E-state index in [0.29, 0.717) is 35.6 Å². The number of aryl methyl sites for hydroxylation is 1. The molecule has 49 heavy (non-hydrogen) atoms. The summed E-state index contributed by atoms with van der Waals surface area (Å²) in [5.74, 6) is -0.554. The molecule has 4 aromatic rings. The Morgan fingerprint density at radius 3 is 2.10 bits per heavy atom. The van der Waals surface area contributed by atoms with Crippen molar-refractivity contribution in [2.45, 2.75) is 65.0 Å². The molecule has 0 aliphatic rings. The second-order valence-corrected chi connectivity index (χ2v) is 16.8. The molecule has 264 valence electrons. The van der Waals surface area contributed by atoms with Crippen LogP contribution in [-0.2, 0) is 19.6 Å². The van der Waals surface area contributed by atoms with E-state index in [0.717, 1.165) is 9.87 Å². The molecule has 1 amide bonds. The van der Waals surface area contributed by atoms with Crippen LogP contribution in [-0.4, -0.2) is 83.8 Å². The number of sulfonamides is 1. The van der Waals surface area contributed by atoms with Crippen LogP contribution in [0.15, 0.2) is 59.9 Å². The summed E-state index contributed by atoms with van der Waals surface area (Å²) in [7, 11) is -0.682. The second kappa shape index (κ2) is 14.1. The maximum absolute atomic E-state index is 14.3. The highest BCUT2D eigenvalue weighted by Gasteiger charge is 2.44. The van der Waals surface area contributed by atoms with E-state index in [1.807, 2.05) is 32.1 Å². The number of amides is 1. The van der Waals surface area contributed by atoms with Crippen molar-refractivity contribution in [1.29, 1.82) is 0 Å². The van der Waals surface area contributed by atoms with E-state index < -0.39 is 39.1 Å². The molecule has 1 atom stereocenters. The Bertz CT molecular complexity index is 1950. The Hall–Kier alpha value is -3.91. The van der Waals surface area contributed by atoms with Crippen molar-refractivity contribution in [3.05, 3.63) is 70.6 Å². The first-order valence-corrected chi connectivity index (χ1v) is 17.6. The van der Waals surface area contributed by atoms with Gasteiger partial charge in [0.1, 0.15) is 11.6 Å². The van der Waals surface area contributed by atoms with E-state index in [-0.39, 0.29) is 20.6 Å². The number of ether oxygens (including phenoxy) is 1. The topological polar surface area (TPSA) is 138 Å². The van der Waals surface area contributed by atoms with Crippen LogP contribution in [0.2, 0.25) is 10.0 Å².